The number of nitrogens with zero attached hydrogens (tertiary/aromatic N) is 1. The van der Waals surface area contributed by atoms with Crippen molar-refractivity contribution in [3.8, 4) is 17.0 Å². The van der Waals surface area contributed by atoms with E-state index in [9.17, 15) is 15.0 Å². The number of carbonyl (C=O) groups is 1. The van der Waals surface area contributed by atoms with Gasteiger partial charge in [0.05, 0.1) is 17.2 Å². The van der Waals surface area contributed by atoms with Crippen LogP contribution in [0.25, 0.3) is 11.3 Å². The topological polar surface area (TPSA) is 79.7 Å². The first-order valence-electron chi connectivity index (χ1n) is 6.81. The van der Waals surface area contributed by atoms with Crippen molar-refractivity contribution >= 4 is 33.2 Å². The quantitative estimate of drug-likeness (QED) is 0.795. The minimum absolute atomic E-state index is 0.00818. The molecule has 3 rings (SSSR count). The highest BCUT2D eigenvalue weighted by Gasteiger charge is 2.45. The molecule has 1 aliphatic rings. The second-order valence-electron chi connectivity index (χ2n) is 5.03. The lowest BCUT2D eigenvalue weighted by Gasteiger charge is -2.31. The van der Waals surface area contributed by atoms with Gasteiger partial charge in [-0.3, -0.25) is 0 Å². The first kappa shape index (κ1) is 15.5. The number of ether oxygens (including phenoxy) is 1. The number of hydrogen-bond acceptors (Lipinski definition) is 5. The van der Waals surface area contributed by atoms with Crippen LogP contribution in [0.5, 0.6) is 5.75 Å². The number of aliphatic hydroxyl groups is 1. The molecule has 2 aromatic rings. The van der Waals surface area contributed by atoms with Crippen LogP contribution in [0.4, 0.5) is 0 Å². The van der Waals surface area contributed by atoms with Crippen molar-refractivity contribution in [1.29, 1.82) is 0 Å². The van der Waals surface area contributed by atoms with Crippen molar-refractivity contribution < 1.29 is 19.7 Å². The molecular weight excluding hydrogens is 370 g/mol. The van der Waals surface area contributed by atoms with Crippen LogP contribution in [-0.4, -0.2) is 33.9 Å². The third-order valence-corrected chi connectivity index (χ3v) is 6.35. The molecule has 0 saturated heterocycles. The Morgan fingerprint density at radius 3 is 2.86 bits per heavy atom. The smallest absolute Gasteiger partial charge is 0.365 e. The van der Waals surface area contributed by atoms with E-state index >= 15 is 0 Å². The van der Waals surface area contributed by atoms with Gasteiger partial charge in [0.25, 0.3) is 0 Å². The molecule has 0 amide bonds. The second-order valence-corrected chi connectivity index (χ2v) is 7.45. The molecule has 1 aliphatic heterocycles. The molecule has 0 bridgehead atoms. The summed E-state index contributed by atoms with van der Waals surface area (Å²) in [6.45, 7) is 1.75. The van der Waals surface area contributed by atoms with Crippen LogP contribution >= 0.6 is 27.3 Å². The van der Waals surface area contributed by atoms with Gasteiger partial charge in [-0.15, -0.1) is 11.3 Å². The summed E-state index contributed by atoms with van der Waals surface area (Å²) < 4.78 is 5.19. The van der Waals surface area contributed by atoms with Crippen LogP contribution in [0.3, 0.4) is 0 Å². The number of alkyl halides is 1. The Bertz CT molecular complexity index is 732. The SMILES string of the molecule is CCC1Oc2ccccc2-c2nc(C(=O)O)sc2C1(Br)CO. The number of halogens is 1. The fourth-order valence-electron chi connectivity index (χ4n) is 2.61. The minimum atomic E-state index is -1.07. The molecule has 2 atom stereocenters. The van der Waals surface area contributed by atoms with Gasteiger partial charge in [-0.1, -0.05) is 35.0 Å². The lowest BCUT2D eigenvalue weighted by molar-refractivity contribution is 0.0696. The highest BCUT2D eigenvalue weighted by Crippen LogP contribution is 2.50. The Balaban J connectivity index is 2.32. The van der Waals surface area contributed by atoms with Crippen molar-refractivity contribution in [2.24, 2.45) is 0 Å². The number of carboxylic acid groups (broad SMARTS) is 1. The fraction of sp³-hybridized carbons (Fsp3) is 0.333. The largest absolute Gasteiger partial charge is 0.488 e. The molecule has 2 unspecified atom stereocenters. The summed E-state index contributed by atoms with van der Waals surface area (Å²) in [5, 5.41) is 19.2. The van der Waals surface area contributed by atoms with Gasteiger partial charge in [0.2, 0.25) is 5.01 Å². The van der Waals surface area contributed by atoms with Gasteiger partial charge in [0.1, 0.15) is 16.2 Å². The van der Waals surface area contributed by atoms with Crippen LogP contribution in [0, 0.1) is 0 Å². The zero-order chi connectivity index (χ0) is 15.9. The number of aliphatic hydroxyl groups excluding tert-OH is 1. The first-order valence-corrected chi connectivity index (χ1v) is 8.42. The molecule has 5 nitrogen and oxygen atoms in total. The average molecular weight is 384 g/mol. The maximum atomic E-state index is 11.3. The molecule has 7 heteroatoms. The number of thiazole rings is 1. The van der Waals surface area contributed by atoms with E-state index in [4.69, 9.17) is 4.74 Å². The van der Waals surface area contributed by atoms with E-state index < -0.39 is 10.3 Å². The Kier molecular flexibility index (Phi) is 3.96. The molecule has 0 spiro atoms. The van der Waals surface area contributed by atoms with E-state index in [1.54, 1.807) is 0 Å². The highest BCUT2D eigenvalue weighted by molar-refractivity contribution is 9.09. The van der Waals surface area contributed by atoms with E-state index in [1.165, 1.54) is 0 Å². The number of aromatic nitrogens is 1. The number of benzene rings is 1. The van der Waals surface area contributed by atoms with E-state index in [1.807, 2.05) is 31.2 Å². The zero-order valence-electron chi connectivity index (χ0n) is 11.7. The maximum Gasteiger partial charge on any atom is 0.365 e. The summed E-state index contributed by atoms with van der Waals surface area (Å²) >= 11 is 4.67. The van der Waals surface area contributed by atoms with Crippen molar-refractivity contribution in [2.75, 3.05) is 6.61 Å². The first-order chi connectivity index (χ1) is 10.5. The van der Waals surface area contributed by atoms with Gasteiger partial charge >= 0.3 is 5.97 Å². The average Bonchev–Trinajstić information content (AvgIpc) is 2.94. The number of aromatic carboxylic acids is 1. The van der Waals surface area contributed by atoms with Gasteiger partial charge in [-0.05, 0) is 18.6 Å². The van der Waals surface area contributed by atoms with Gasteiger partial charge in [0, 0.05) is 5.56 Å². The molecule has 0 radical (unpaired) electrons. The molecule has 2 heterocycles. The van der Waals surface area contributed by atoms with Crippen LogP contribution in [0.15, 0.2) is 24.3 Å². The molecule has 0 aliphatic carbocycles. The molecule has 116 valence electrons. The Morgan fingerprint density at radius 1 is 1.50 bits per heavy atom. The number of fused-ring (bicyclic) bond motifs is 3. The lowest BCUT2D eigenvalue weighted by Crippen LogP contribution is -2.39. The molecule has 22 heavy (non-hydrogen) atoms. The Labute approximate surface area is 139 Å². The fourth-order valence-corrected chi connectivity index (χ4v) is 4.50. The summed E-state index contributed by atoms with van der Waals surface area (Å²) in [5.41, 5.74) is 1.30. The lowest BCUT2D eigenvalue weighted by atomic mass is 9.97. The molecular formula is C15H14BrNO4S. The molecule has 2 N–H and O–H groups in total. The van der Waals surface area contributed by atoms with Crippen LogP contribution in [0.1, 0.15) is 28.0 Å². The standard InChI is InChI=1S/C15H14BrNO4S/c1-2-10-15(16,7-18)12-11(17-13(22-12)14(19)20)8-5-3-4-6-9(8)21-10/h3-6,10,18H,2,7H2,1H3,(H,19,20). The van der Waals surface area contributed by atoms with Crippen molar-refractivity contribution in [3.05, 3.63) is 34.2 Å². The summed E-state index contributed by atoms with van der Waals surface area (Å²) in [5.74, 6) is -0.426. The zero-order valence-corrected chi connectivity index (χ0v) is 14.1. The Morgan fingerprint density at radius 2 is 2.23 bits per heavy atom. The van der Waals surface area contributed by atoms with E-state index in [-0.39, 0.29) is 17.7 Å². The van der Waals surface area contributed by atoms with Crippen molar-refractivity contribution in [2.45, 2.75) is 23.8 Å². The van der Waals surface area contributed by atoms with Gasteiger partial charge in [-0.2, -0.15) is 0 Å². The predicted molar refractivity (Wildman–Crippen MR) is 86.9 cm³/mol. The highest BCUT2D eigenvalue weighted by atomic mass is 79.9. The minimum Gasteiger partial charge on any atom is -0.488 e. The molecule has 0 saturated carbocycles. The number of rotatable bonds is 3. The van der Waals surface area contributed by atoms with Gasteiger partial charge in [0.15, 0.2) is 0 Å². The number of hydrogen-bond donors (Lipinski definition) is 2. The summed E-state index contributed by atoms with van der Waals surface area (Å²) in [4.78, 5) is 16.3. The molecule has 1 aromatic carbocycles. The van der Waals surface area contributed by atoms with E-state index in [0.717, 1.165) is 16.9 Å². The Hall–Kier alpha value is -1.44. The van der Waals surface area contributed by atoms with Crippen molar-refractivity contribution in [1.82, 2.24) is 4.98 Å². The maximum absolute atomic E-state index is 11.3. The number of para-hydroxylation sites is 1. The summed E-state index contributed by atoms with van der Waals surface area (Å²) in [6.07, 6.45) is 0.321. The summed E-state index contributed by atoms with van der Waals surface area (Å²) in [6, 6.07) is 7.39. The van der Waals surface area contributed by atoms with Crippen LogP contribution in [0.2, 0.25) is 0 Å². The van der Waals surface area contributed by atoms with Gasteiger partial charge < -0.3 is 14.9 Å². The molecule has 1 aromatic heterocycles. The molecule has 0 fully saturated rings. The number of carboxylic acids is 1. The van der Waals surface area contributed by atoms with Crippen LogP contribution in [-0.2, 0) is 4.32 Å². The van der Waals surface area contributed by atoms with Crippen molar-refractivity contribution in [3.63, 3.8) is 0 Å². The van der Waals surface area contributed by atoms with Gasteiger partial charge in [-0.25, -0.2) is 9.78 Å². The van der Waals surface area contributed by atoms with E-state index in [0.29, 0.717) is 22.7 Å². The van der Waals surface area contributed by atoms with Crippen LogP contribution < -0.4 is 4.74 Å². The monoisotopic (exact) mass is 383 g/mol. The normalized spacial score (nSPS) is 23.1. The third-order valence-electron chi connectivity index (χ3n) is 3.71. The third kappa shape index (κ3) is 2.24. The summed E-state index contributed by atoms with van der Waals surface area (Å²) in [7, 11) is 0. The predicted octanol–water partition coefficient (Wildman–Crippen LogP) is 3.26. The second kappa shape index (κ2) is 5.64. The van der Waals surface area contributed by atoms with E-state index in [2.05, 4.69) is 20.9 Å².